The number of anilines is 1. The van der Waals surface area contributed by atoms with E-state index in [1.54, 1.807) is 11.3 Å². The zero-order valence-corrected chi connectivity index (χ0v) is 10.4. The summed E-state index contributed by atoms with van der Waals surface area (Å²) in [5.41, 5.74) is 8.69. The Hall–Kier alpha value is -2.20. The van der Waals surface area contributed by atoms with Gasteiger partial charge in [0, 0.05) is 16.8 Å². The summed E-state index contributed by atoms with van der Waals surface area (Å²) in [6.45, 7) is 0. The topological polar surface area (TPSA) is 51.8 Å². The third-order valence-electron chi connectivity index (χ3n) is 2.64. The normalized spacial score (nSPS) is 10.4. The van der Waals surface area contributed by atoms with Crippen molar-refractivity contribution in [3.8, 4) is 21.1 Å². The molecule has 88 valence electrons. The summed E-state index contributed by atoms with van der Waals surface area (Å²) < 4.78 is 0. The molecule has 0 aliphatic heterocycles. The van der Waals surface area contributed by atoms with Crippen molar-refractivity contribution in [2.24, 2.45) is 0 Å². The van der Waals surface area contributed by atoms with Crippen LogP contribution in [0.5, 0.6) is 0 Å². The van der Waals surface area contributed by atoms with Crippen LogP contribution in [0.25, 0.3) is 21.1 Å². The molecule has 1 heterocycles. The van der Waals surface area contributed by atoms with Gasteiger partial charge in [-0.15, -0.1) is 10.2 Å². The molecule has 4 heteroatoms. The van der Waals surface area contributed by atoms with Crippen molar-refractivity contribution in [3.63, 3.8) is 0 Å². The third-order valence-corrected chi connectivity index (χ3v) is 3.64. The maximum absolute atomic E-state index is 5.94. The van der Waals surface area contributed by atoms with Gasteiger partial charge in [0.15, 0.2) is 0 Å². The number of para-hydroxylation sites is 1. The van der Waals surface area contributed by atoms with Gasteiger partial charge in [0.2, 0.25) is 0 Å². The molecule has 3 nitrogen and oxygen atoms in total. The summed E-state index contributed by atoms with van der Waals surface area (Å²) in [5.74, 6) is 0. The molecule has 0 saturated carbocycles. The molecule has 0 aliphatic carbocycles. The Labute approximate surface area is 109 Å². The van der Waals surface area contributed by atoms with Crippen LogP contribution in [-0.2, 0) is 0 Å². The zero-order valence-electron chi connectivity index (χ0n) is 9.58. The van der Waals surface area contributed by atoms with Crippen LogP contribution < -0.4 is 5.73 Å². The van der Waals surface area contributed by atoms with E-state index in [0.717, 1.165) is 26.8 Å². The van der Waals surface area contributed by atoms with Crippen LogP contribution in [0, 0.1) is 0 Å². The minimum absolute atomic E-state index is 0.730. The Morgan fingerprint density at radius 2 is 1.44 bits per heavy atom. The maximum atomic E-state index is 5.94. The lowest BCUT2D eigenvalue weighted by Crippen LogP contribution is -1.88. The fourth-order valence-electron chi connectivity index (χ4n) is 1.72. The number of nitrogen functional groups attached to an aromatic ring is 1. The standard InChI is InChI=1S/C14H11N3S/c15-12-9-5-4-8-11(12)14-17-16-13(18-14)10-6-2-1-3-7-10/h1-9H,15H2. The predicted octanol–water partition coefficient (Wildman–Crippen LogP) is 3.45. The molecule has 18 heavy (non-hydrogen) atoms. The van der Waals surface area contributed by atoms with E-state index in [2.05, 4.69) is 10.2 Å². The molecule has 0 unspecified atom stereocenters. The van der Waals surface area contributed by atoms with Crippen LogP contribution in [0.1, 0.15) is 0 Å². The Morgan fingerprint density at radius 3 is 2.22 bits per heavy atom. The molecule has 3 aromatic rings. The van der Waals surface area contributed by atoms with Crippen molar-refractivity contribution in [1.29, 1.82) is 0 Å². The average Bonchev–Trinajstić information content (AvgIpc) is 2.90. The van der Waals surface area contributed by atoms with Gasteiger partial charge in [0.05, 0.1) is 0 Å². The van der Waals surface area contributed by atoms with Gasteiger partial charge >= 0.3 is 0 Å². The lowest BCUT2D eigenvalue weighted by Gasteiger charge is -1.99. The molecular weight excluding hydrogens is 242 g/mol. The Morgan fingerprint density at radius 1 is 0.778 bits per heavy atom. The van der Waals surface area contributed by atoms with Gasteiger partial charge in [-0.1, -0.05) is 53.8 Å². The molecule has 0 radical (unpaired) electrons. The Balaban J connectivity index is 2.03. The molecule has 0 spiro atoms. The summed E-state index contributed by atoms with van der Waals surface area (Å²) in [6, 6.07) is 17.7. The molecule has 0 aliphatic rings. The van der Waals surface area contributed by atoms with E-state index in [9.17, 15) is 0 Å². The number of rotatable bonds is 2. The second kappa shape index (κ2) is 4.58. The lowest BCUT2D eigenvalue weighted by molar-refractivity contribution is 1.10. The highest BCUT2D eigenvalue weighted by molar-refractivity contribution is 7.18. The summed E-state index contributed by atoms with van der Waals surface area (Å²) in [6.07, 6.45) is 0. The van der Waals surface area contributed by atoms with E-state index < -0.39 is 0 Å². The van der Waals surface area contributed by atoms with E-state index in [-0.39, 0.29) is 0 Å². The van der Waals surface area contributed by atoms with Crippen LogP contribution in [-0.4, -0.2) is 10.2 Å². The average molecular weight is 253 g/mol. The largest absolute Gasteiger partial charge is 0.398 e. The molecule has 0 amide bonds. The number of benzene rings is 2. The quantitative estimate of drug-likeness (QED) is 0.712. The van der Waals surface area contributed by atoms with Gasteiger partial charge in [0.1, 0.15) is 10.0 Å². The second-order valence-electron chi connectivity index (χ2n) is 3.87. The summed E-state index contributed by atoms with van der Waals surface area (Å²) in [5, 5.41) is 10.2. The summed E-state index contributed by atoms with van der Waals surface area (Å²) >= 11 is 1.55. The molecule has 2 N–H and O–H groups in total. The van der Waals surface area contributed by atoms with Gasteiger partial charge in [-0.05, 0) is 12.1 Å². The summed E-state index contributed by atoms with van der Waals surface area (Å²) in [4.78, 5) is 0. The van der Waals surface area contributed by atoms with Crippen LogP contribution in [0.15, 0.2) is 54.6 Å². The first kappa shape index (κ1) is 10.9. The van der Waals surface area contributed by atoms with E-state index in [0.29, 0.717) is 0 Å². The fourth-order valence-corrected chi connectivity index (χ4v) is 2.62. The molecule has 2 aromatic carbocycles. The van der Waals surface area contributed by atoms with E-state index in [1.165, 1.54) is 0 Å². The first-order valence-corrected chi connectivity index (χ1v) is 6.40. The molecular formula is C14H11N3S. The number of nitrogens with two attached hydrogens (primary N) is 1. The van der Waals surface area contributed by atoms with Crippen LogP contribution in [0.2, 0.25) is 0 Å². The van der Waals surface area contributed by atoms with E-state index in [1.807, 2.05) is 54.6 Å². The van der Waals surface area contributed by atoms with E-state index in [4.69, 9.17) is 5.73 Å². The molecule has 0 saturated heterocycles. The van der Waals surface area contributed by atoms with Gasteiger partial charge < -0.3 is 5.73 Å². The molecule has 0 bridgehead atoms. The van der Waals surface area contributed by atoms with Crippen LogP contribution in [0.4, 0.5) is 5.69 Å². The highest BCUT2D eigenvalue weighted by Crippen LogP contribution is 2.32. The lowest BCUT2D eigenvalue weighted by atomic mass is 10.2. The van der Waals surface area contributed by atoms with Crippen LogP contribution >= 0.6 is 11.3 Å². The van der Waals surface area contributed by atoms with Gasteiger partial charge in [-0.25, -0.2) is 0 Å². The number of hydrogen-bond donors (Lipinski definition) is 1. The van der Waals surface area contributed by atoms with Gasteiger partial charge in [0.25, 0.3) is 0 Å². The van der Waals surface area contributed by atoms with Crippen molar-refractivity contribution in [1.82, 2.24) is 10.2 Å². The smallest absolute Gasteiger partial charge is 0.150 e. The Kier molecular flexibility index (Phi) is 2.78. The zero-order chi connectivity index (χ0) is 12.4. The monoisotopic (exact) mass is 253 g/mol. The number of hydrogen-bond acceptors (Lipinski definition) is 4. The highest BCUT2D eigenvalue weighted by Gasteiger charge is 2.09. The van der Waals surface area contributed by atoms with Gasteiger partial charge in [-0.3, -0.25) is 0 Å². The molecule has 3 rings (SSSR count). The predicted molar refractivity (Wildman–Crippen MR) is 75.2 cm³/mol. The van der Waals surface area contributed by atoms with Crippen LogP contribution in [0.3, 0.4) is 0 Å². The number of nitrogens with zero attached hydrogens (tertiary/aromatic N) is 2. The van der Waals surface area contributed by atoms with Crippen molar-refractivity contribution in [3.05, 3.63) is 54.6 Å². The molecule has 0 fully saturated rings. The Bertz CT molecular complexity index is 662. The SMILES string of the molecule is Nc1ccccc1-c1nnc(-c2ccccc2)s1. The minimum atomic E-state index is 0.730. The highest BCUT2D eigenvalue weighted by atomic mass is 32.1. The van der Waals surface area contributed by atoms with Crippen molar-refractivity contribution in [2.45, 2.75) is 0 Å². The van der Waals surface area contributed by atoms with Crippen molar-refractivity contribution >= 4 is 17.0 Å². The van der Waals surface area contributed by atoms with Gasteiger partial charge in [-0.2, -0.15) is 0 Å². The maximum Gasteiger partial charge on any atom is 0.150 e. The van der Waals surface area contributed by atoms with Crippen molar-refractivity contribution < 1.29 is 0 Å². The molecule has 1 aromatic heterocycles. The third kappa shape index (κ3) is 1.98. The van der Waals surface area contributed by atoms with E-state index >= 15 is 0 Å². The first-order chi connectivity index (χ1) is 8.84. The second-order valence-corrected chi connectivity index (χ2v) is 4.84. The summed E-state index contributed by atoms with van der Waals surface area (Å²) in [7, 11) is 0. The number of aromatic nitrogens is 2. The molecule has 0 atom stereocenters. The first-order valence-electron chi connectivity index (χ1n) is 5.58. The van der Waals surface area contributed by atoms with Crippen molar-refractivity contribution in [2.75, 3.05) is 5.73 Å². The fraction of sp³-hybridized carbons (Fsp3) is 0. The minimum Gasteiger partial charge on any atom is -0.398 e.